The van der Waals surface area contributed by atoms with E-state index in [1.54, 1.807) is 25.1 Å². The van der Waals surface area contributed by atoms with E-state index in [-0.39, 0.29) is 5.76 Å². The van der Waals surface area contributed by atoms with Crippen LogP contribution in [-0.4, -0.2) is 18.5 Å². The standard InChI is InChI=1S/C18H11BrF3NO4/c1-8-10-6-9(19)2-5-13(10)27-17(8)18(25)26-7-14(24)23-12-4-3-11(20)15(21)16(12)22/h2-6H,7H2,1H3,(H,23,24). The van der Waals surface area contributed by atoms with Gasteiger partial charge in [0.1, 0.15) is 5.58 Å². The number of carbonyl (C=O) groups is 2. The Kier molecular flexibility index (Phi) is 5.22. The maximum Gasteiger partial charge on any atom is 0.375 e. The van der Waals surface area contributed by atoms with Crippen LogP contribution in [0, 0.1) is 24.4 Å². The van der Waals surface area contributed by atoms with Crippen LogP contribution in [0.5, 0.6) is 0 Å². The largest absolute Gasteiger partial charge is 0.450 e. The number of halogens is 4. The van der Waals surface area contributed by atoms with Crippen molar-refractivity contribution in [1.82, 2.24) is 0 Å². The predicted molar refractivity (Wildman–Crippen MR) is 93.9 cm³/mol. The van der Waals surface area contributed by atoms with Gasteiger partial charge in [-0.05, 0) is 37.3 Å². The Balaban J connectivity index is 1.68. The Morgan fingerprint density at radius 2 is 1.89 bits per heavy atom. The molecular weight excluding hydrogens is 431 g/mol. The number of hydrogen-bond acceptors (Lipinski definition) is 4. The van der Waals surface area contributed by atoms with Gasteiger partial charge in [-0.25, -0.2) is 18.0 Å². The first kappa shape index (κ1) is 19.0. The number of benzene rings is 2. The zero-order chi connectivity index (χ0) is 19.7. The van der Waals surface area contributed by atoms with Crippen LogP contribution < -0.4 is 5.32 Å². The molecule has 0 unspecified atom stereocenters. The molecule has 3 aromatic rings. The first-order valence-corrected chi connectivity index (χ1v) is 8.36. The summed E-state index contributed by atoms with van der Waals surface area (Å²) in [4.78, 5) is 23.9. The van der Waals surface area contributed by atoms with Gasteiger partial charge in [0.05, 0.1) is 5.69 Å². The molecule has 5 nitrogen and oxygen atoms in total. The molecule has 140 valence electrons. The molecule has 9 heteroatoms. The van der Waals surface area contributed by atoms with E-state index in [1.165, 1.54) is 0 Å². The van der Waals surface area contributed by atoms with Gasteiger partial charge in [-0.3, -0.25) is 4.79 Å². The van der Waals surface area contributed by atoms with Crippen molar-refractivity contribution < 1.29 is 31.9 Å². The molecule has 0 aliphatic carbocycles. The molecule has 0 aliphatic rings. The molecule has 0 saturated carbocycles. The number of nitrogens with one attached hydrogen (secondary N) is 1. The lowest BCUT2D eigenvalue weighted by molar-refractivity contribution is -0.119. The lowest BCUT2D eigenvalue weighted by atomic mass is 10.1. The monoisotopic (exact) mass is 441 g/mol. The summed E-state index contributed by atoms with van der Waals surface area (Å²) in [6, 6.07) is 6.69. The van der Waals surface area contributed by atoms with Crippen molar-refractivity contribution in [2.24, 2.45) is 0 Å². The lowest BCUT2D eigenvalue weighted by Gasteiger charge is -2.07. The van der Waals surface area contributed by atoms with Gasteiger partial charge in [0.25, 0.3) is 5.91 Å². The van der Waals surface area contributed by atoms with E-state index in [9.17, 15) is 22.8 Å². The molecule has 27 heavy (non-hydrogen) atoms. The molecule has 0 atom stereocenters. The Morgan fingerprint density at radius 1 is 1.15 bits per heavy atom. The fraction of sp³-hybridized carbons (Fsp3) is 0.111. The van der Waals surface area contributed by atoms with Gasteiger partial charge in [-0.15, -0.1) is 0 Å². The molecule has 0 bridgehead atoms. The summed E-state index contributed by atoms with van der Waals surface area (Å²) in [7, 11) is 0. The second-order valence-corrected chi connectivity index (χ2v) is 6.46. The zero-order valence-electron chi connectivity index (χ0n) is 13.7. The number of carbonyl (C=O) groups excluding carboxylic acids is 2. The summed E-state index contributed by atoms with van der Waals surface area (Å²) in [6.45, 7) is 0.892. The van der Waals surface area contributed by atoms with Crippen molar-refractivity contribution in [1.29, 1.82) is 0 Å². The van der Waals surface area contributed by atoms with Gasteiger partial charge in [0.15, 0.2) is 24.1 Å². The Labute approximate surface area is 159 Å². The van der Waals surface area contributed by atoms with E-state index >= 15 is 0 Å². The average Bonchev–Trinajstić information content (AvgIpc) is 2.96. The molecule has 0 radical (unpaired) electrons. The Morgan fingerprint density at radius 3 is 2.63 bits per heavy atom. The van der Waals surface area contributed by atoms with Gasteiger partial charge >= 0.3 is 5.97 Å². The van der Waals surface area contributed by atoms with Gasteiger partial charge in [0.2, 0.25) is 5.76 Å². The normalized spacial score (nSPS) is 10.9. The van der Waals surface area contributed by atoms with Crippen molar-refractivity contribution in [2.45, 2.75) is 6.92 Å². The summed E-state index contributed by atoms with van der Waals surface area (Å²) >= 11 is 3.32. The number of furan rings is 1. The quantitative estimate of drug-likeness (QED) is 0.469. The predicted octanol–water partition coefficient (Wildman–Crippen LogP) is 4.72. The summed E-state index contributed by atoms with van der Waals surface area (Å²) in [5.74, 6) is -6.54. The summed E-state index contributed by atoms with van der Waals surface area (Å²) in [5.41, 5.74) is 0.430. The molecule has 1 N–H and O–H groups in total. The van der Waals surface area contributed by atoms with Crippen LogP contribution in [0.2, 0.25) is 0 Å². The number of hydrogen-bond donors (Lipinski definition) is 1. The third kappa shape index (κ3) is 3.82. The Bertz CT molecular complexity index is 1060. The molecule has 2 aromatic carbocycles. The number of fused-ring (bicyclic) bond motifs is 1. The van der Waals surface area contributed by atoms with Gasteiger partial charge in [0, 0.05) is 15.4 Å². The van der Waals surface area contributed by atoms with Crippen LogP contribution in [-0.2, 0) is 9.53 Å². The molecule has 1 heterocycles. The van der Waals surface area contributed by atoms with E-state index in [4.69, 9.17) is 9.15 Å². The van der Waals surface area contributed by atoms with Crippen LogP contribution >= 0.6 is 15.9 Å². The molecular formula is C18H11BrF3NO4. The fourth-order valence-corrected chi connectivity index (χ4v) is 2.75. The zero-order valence-corrected chi connectivity index (χ0v) is 15.3. The van der Waals surface area contributed by atoms with E-state index in [1.807, 2.05) is 5.32 Å². The molecule has 3 rings (SSSR count). The van der Waals surface area contributed by atoms with Crippen molar-refractivity contribution in [2.75, 3.05) is 11.9 Å². The minimum absolute atomic E-state index is 0.0742. The smallest absolute Gasteiger partial charge is 0.375 e. The topological polar surface area (TPSA) is 68.5 Å². The second kappa shape index (κ2) is 7.43. The van der Waals surface area contributed by atoms with Crippen molar-refractivity contribution in [3.63, 3.8) is 0 Å². The highest BCUT2D eigenvalue weighted by Gasteiger charge is 2.21. The van der Waals surface area contributed by atoms with Crippen LogP contribution in [0.3, 0.4) is 0 Å². The number of aryl methyl sites for hydroxylation is 1. The van der Waals surface area contributed by atoms with Crippen LogP contribution in [0.25, 0.3) is 11.0 Å². The molecule has 1 aromatic heterocycles. The lowest BCUT2D eigenvalue weighted by Crippen LogP contribution is -2.22. The summed E-state index contributed by atoms with van der Waals surface area (Å²) in [5, 5.41) is 2.70. The summed E-state index contributed by atoms with van der Waals surface area (Å²) < 4.78 is 50.6. The van der Waals surface area contributed by atoms with Crippen LogP contribution in [0.15, 0.2) is 39.2 Å². The summed E-state index contributed by atoms with van der Waals surface area (Å²) in [6.07, 6.45) is 0. The third-order valence-corrected chi connectivity index (χ3v) is 4.22. The SMILES string of the molecule is Cc1c(C(=O)OCC(=O)Nc2ccc(F)c(F)c2F)oc2ccc(Br)cc12. The van der Waals surface area contributed by atoms with Gasteiger partial charge in [-0.1, -0.05) is 15.9 Å². The maximum absolute atomic E-state index is 13.5. The first-order chi connectivity index (χ1) is 12.8. The van der Waals surface area contributed by atoms with Gasteiger partial charge in [-0.2, -0.15) is 0 Å². The van der Waals surface area contributed by atoms with Gasteiger partial charge < -0.3 is 14.5 Å². The van der Waals surface area contributed by atoms with E-state index in [0.717, 1.165) is 10.5 Å². The second-order valence-electron chi connectivity index (χ2n) is 5.54. The highest BCUT2D eigenvalue weighted by atomic mass is 79.9. The van der Waals surface area contributed by atoms with E-state index in [0.29, 0.717) is 22.6 Å². The number of amides is 1. The van der Waals surface area contributed by atoms with Crippen LogP contribution in [0.1, 0.15) is 16.1 Å². The molecule has 0 spiro atoms. The molecule has 0 saturated heterocycles. The molecule has 0 aliphatic heterocycles. The minimum Gasteiger partial charge on any atom is -0.450 e. The number of anilines is 1. The average molecular weight is 442 g/mol. The first-order valence-electron chi connectivity index (χ1n) is 7.57. The number of ether oxygens (including phenoxy) is 1. The highest BCUT2D eigenvalue weighted by Crippen LogP contribution is 2.28. The fourth-order valence-electron chi connectivity index (χ4n) is 2.39. The molecule has 1 amide bonds. The number of esters is 1. The minimum atomic E-state index is -1.71. The number of rotatable bonds is 4. The van der Waals surface area contributed by atoms with Crippen molar-refractivity contribution in [3.8, 4) is 0 Å². The highest BCUT2D eigenvalue weighted by molar-refractivity contribution is 9.10. The Hall–Kier alpha value is -2.81. The van der Waals surface area contributed by atoms with E-state index < -0.39 is 41.6 Å². The maximum atomic E-state index is 13.5. The van der Waals surface area contributed by atoms with Crippen molar-refractivity contribution in [3.05, 3.63) is 63.6 Å². The van der Waals surface area contributed by atoms with Crippen LogP contribution in [0.4, 0.5) is 18.9 Å². The van der Waals surface area contributed by atoms with E-state index in [2.05, 4.69) is 15.9 Å². The van der Waals surface area contributed by atoms with Crippen molar-refractivity contribution >= 4 is 44.5 Å². The third-order valence-electron chi connectivity index (χ3n) is 3.73. The molecule has 0 fully saturated rings.